The van der Waals surface area contributed by atoms with Crippen molar-refractivity contribution in [3.8, 4) is 0 Å². The Labute approximate surface area is 645 Å². The van der Waals surface area contributed by atoms with Gasteiger partial charge in [0, 0.05) is 25.7 Å². The second-order valence-electron chi connectivity index (χ2n) is 31.9. The van der Waals surface area contributed by atoms with Gasteiger partial charge >= 0.3 is 39.5 Å². The third-order valence-electron chi connectivity index (χ3n) is 20.9. The maximum atomic E-state index is 13.1. The highest BCUT2D eigenvalue weighted by Crippen LogP contribution is 2.45. The summed E-state index contributed by atoms with van der Waals surface area (Å²) in [5.41, 5.74) is 0. The van der Waals surface area contributed by atoms with E-state index in [1.54, 1.807) is 0 Å². The average molecular weight is 1540 g/mol. The standard InChI is InChI=1S/C86H168O17P2/c1-8-11-12-13-14-15-29-39-46-53-60-67-83(88)96-73-81(103-86(91)70-63-56-49-42-35-28-30-36-43-50-57-64-77(4)5)75-100-104(92,93)98-71-80(87)72-99-105(94,95)101-76-82(74-97-84(89)68-61-54-47-40-33-26-23-22-25-32-38-45-52-59-66-79(7)10-3)102-85(90)69-62-55-48-41-34-27-21-19-17-16-18-20-24-31-37-44-51-58-65-78(6)9-2/h77-82,87H,8-76H2,1-7H3,(H,92,93)(H,94,95)/t78?,79?,80-,81+,82+/m0/s1. The van der Waals surface area contributed by atoms with E-state index in [-0.39, 0.29) is 25.7 Å². The molecule has 0 amide bonds. The van der Waals surface area contributed by atoms with E-state index in [0.717, 1.165) is 108 Å². The number of aliphatic hydroxyl groups is 1. The highest BCUT2D eigenvalue weighted by Gasteiger charge is 2.30. The fraction of sp³-hybridized carbons (Fsp3) is 0.953. The molecule has 3 N–H and O–H groups in total. The lowest BCUT2D eigenvalue weighted by Gasteiger charge is -2.21. The zero-order chi connectivity index (χ0) is 77.2. The van der Waals surface area contributed by atoms with E-state index in [2.05, 4.69) is 48.5 Å². The molecule has 4 unspecified atom stereocenters. The second-order valence-corrected chi connectivity index (χ2v) is 34.8. The van der Waals surface area contributed by atoms with Crippen LogP contribution in [0.15, 0.2) is 0 Å². The van der Waals surface area contributed by atoms with Crippen molar-refractivity contribution >= 4 is 39.5 Å². The number of hydrogen-bond acceptors (Lipinski definition) is 15. The molecule has 0 spiro atoms. The van der Waals surface area contributed by atoms with E-state index in [0.29, 0.717) is 25.7 Å². The molecule has 0 aromatic rings. The number of phosphoric acid groups is 2. The summed E-state index contributed by atoms with van der Waals surface area (Å²) in [4.78, 5) is 73.2. The first-order valence-electron chi connectivity index (χ1n) is 44.4. The van der Waals surface area contributed by atoms with Crippen LogP contribution in [0.3, 0.4) is 0 Å². The molecule has 0 aliphatic rings. The third-order valence-corrected chi connectivity index (χ3v) is 22.8. The smallest absolute Gasteiger partial charge is 0.462 e. The molecule has 0 bridgehead atoms. The average Bonchev–Trinajstić information content (AvgIpc) is 0.915. The molecule has 0 rings (SSSR count). The Morgan fingerprint density at radius 1 is 0.276 bits per heavy atom. The zero-order valence-electron chi connectivity index (χ0n) is 69.2. The highest BCUT2D eigenvalue weighted by molar-refractivity contribution is 7.47. The van der Waals surface area contributed by atoms with Gasteiger partial charge in [0.1, 0.15) is 19.3 Å². The Kier molecular flexibility index (Phi) is 74.7. The number of carbonyl (C=O) groups excluding carboxylic acids is 4. The number of hydrogen-bond donors (Lipinski definition) is 3. The van der Waals surface area contributed by atoms with Crippen molar-refractivity contribution in [1.29, 1.82) is 0 Å². The predicted molar refractivity (Wildman–Crippen MR) is 432 cm³/mol. The molecule has 0 fully saturated rings. The van der Waals surface area contributed by atoms with Gasteiger partial charge in [-0.25, -0.2) is 9.13 Å². The predicted octanol–water partition coefficient (Wildman–Crippen LogP) is 26.1. The van der Waals surface area contributed by atoms with Gasteiger partial charge in [0.25, 0.3) is 0 Å². The Balaban J connectivity index is 5.24. The van der Waals surface area contributed by atoms with Crippen molar-refractivity contribution in [3.63, 3.8) is 0 Å². The summed E-state index contributed by atoms with van der Waals surface area (Å²) in [5, 5.41) is 10.7. The van der Waals surface area contributed by atoms with Crippen molar-refractivity contribution in [2.45, 2.75) is 471 Å². The van der Waals surface area contributed by atoms with Crippen molar-refractivity contribution < 1.29 is 80.2 Å². The lowest BCUT2D eigenvalue weighted by Crippen LogP contribution is -2.30. The Morgan fingerprint density at radius 2 is 0.486 bits per heavy atom. The molecule has 624 valence electrons. The van der Waals surface area contributed by atoms with Gasteiger partial charge in [-0.2, -0.15) is 0 Å². The van der Waals surface area contributed by atoms with Gasteiger partial charge in [-0.1, -0.05) is 402 Å². The summed E-state index contributed by atoms with van der Waals surface area (Å²) < 4.78 is 68.9. The van der Waals surface area contributed by atoms with Crippen LogP contribution >= 0.6 is 15.6 Å². The van der Waals surface area contributed by atoms with Crippen LogP contribution in [-0.2, 0) is 65.4 Å². The Morgan fingerprint density at radius 3 is 0.724 bits per heavy atom. The number of carbonyl (C=O) groups is 4. The fourth-order valence-corrected chi connectivity index (χ4v) is 14.9. The summed E-state index contributed by atoms with van der Waals surface area (Å²) in [6.07, 6.45) is 66.5. The quantitative estimate of drug-likeness (QED) is 0.0222. The first-order valence-corrected chi connectivity index (χ1v) is 47.4. The van der Waals surface area contributed by atoms with E-state index in [1.807, 2.05) is 0 Å². The van der Waals surface area contributed by atoms with Gasteiger partial charge in [-0.3, -0.25) is 37.3 Å². The summed E-state index contributed by atoms with van der Waals surface area (Å²) in [6, 6.07) is 0. The van der Waals surface area contributed by atoms with Crippen LogP contribution in [-0.4, -0.2) is 96.7 Å². The molecule has 0 aliphatic heterocycles. The fourth-order valence-electron chi connectivity index (χ4n) is 13.3. The van der Waals surface area contributed by atoms with E-state index < -0.39 is 97.5 Å². The van der Waals surface area contributed by atoms with Gasteiger partial charge in [0.05, 0.1) is 26.4 Å². The third kappa shape index (κ3) is 77.2. The van der Waals surface area contributed by atoms with Crippen molar-refractivity contribution in [2.24, 2.45) is 17.8 Å². The van der Waals surface area contributed by atoms with Crippen molar-refractivity contribution in [1.82, 2.24) is 0 Å². The summed E-state index contributed by atoms with van der Waals surface area (Å²) in [6.45, 7) is 12.1. The summed E-state index contributed by atoms with van der Waals surface area (Å²) >= 11 is 0. The van der Waals surface area contributed by atoms with Gasteiger partial charge in [-0.15, -0.1) is 0 Å². The van der Waals surface area contributed by atoms with E-state index in [4.69, 9.17) is 37.0 Å². The minimum Gasteiger partial charge on any atom is -0.462 e. The molecule has 19 heteroatoms. The van der Waals surface area contributed by atoms with Gasteiger partial charge in [-0.05, 0) is 43.4 Å². The number of rotatable bonds is 84. The van der Waals surface area contributed by atoms with E-state index >= 15 is 0 Å². The molecule has 0 saturated carbocycles. The van der Waals surface area contributed by atoms with Gasteiger partial charge in [0.2, 0.25) is 0 Å². The Bertz CT molecular complexity index is 2030. The molecule has 0 aromatic heterocycles. The van der Waals surface area contributed by atoms with Crippen molar-refractivity contribution in [2.75, 3.05) is 39.6 Å². The molecular formula is C86H168O17P2. The molecule has 0 aromatic carbocycles. The number of unbranched alkanes of at least 4 members (excludes halogenated alkanes) is 50. The Hall–Kier alpha value is -1.94. The summed E-state index contributed by atoms with van der Waals surface area (Å²) in [5.74, 6) is 0.382. The van der Waals surface area contributed by atoms with Crippen LogP contribution in [0.1, 0.15) is 453 Å². The first kappa shape index (κ1) is 103. The molecule has 105 heavy (non-hydrogen) atoms. The second kappa shape index (κ2) is 76.1. The van der Waals surface area contributed by atoms with Crippen LogP contribution in [0, 0.1) is 17.8 Å². The molecule has 0 radical (unpaired) electrons. The van der Waals surface area contributed by atoms with Gasteiger partial charge in [0.15, 0.2) is 12.2 Å². The van der Waals surface area contributed by atoms with Crippen LogP contribution in [0.4, 0.5) is 0 Å². The lowest BCUT2D eigenvalue weighted by atomic mass is 9.99. The first-order chi connectivity index (χ1) is 50.8. The molecule has 0 aliphatic carbocycles. The van der Waals surface area contributed by atoms with E-state index in [1.165, 1.54) is 263 Å². The van der Waals surface area contributed by atoms with Crippen LogP contribution in [0.5, 0.6) is 0 Å². The number of phosphoric ester groups is 2. The maximum absolute atomic E-state index is 13.1. The zero-order valence-corrected chi connectivity index (χ0v) is 71.0. The topological polar surface area (TPSA) is 237 Å². The minimum absolute atomic E-state index is 0.107. The highest BCUT2D eigenvalue weighted by atomic mass is 31.2. The lowest BCUT2D eigenvalue weighted by molar-refractivity contribution is -0.161. The van der Waals surface area contributed by atoms with Crippen LogP contribution in [0.25, 0.3) is 0 Å². The number of ether oxygens (including phenoxy) is 4. The molecule has 0 heterocycles. The maximum Gasteiger partial charge on any atom is 0.472 e. The summed E-state index contributed by atoms with van der Waals surface area (Å²) in [7, 11) is -9.93. The number of esters is 4. The normalized spacial score (nSPS) is 14.4. The van der Waals surface area contributed by atoms with Crippen LogP contribution in [0.2, 0.25) is 0 Å². The molecule has 0 saturated heterocycles. The number of aliphatic hydroxyl groups excluding tert-OH is 1. The van der Waals surface area contributed by atoms with Crippen molar-refractivity contribution in [3.05, 3.63) is 0 Å². The monoisotopic (exact) mass is 1540 g/mol. The largest absolute Gasteiger partial charge is 0.472 e. The SMILES string of the molecule is CCCCCCCCCCCCCC(=O)OC[C@H](COP(=O)(O)OC[C@H](O)COP(=O)(O)OC[C@@H](COC(=O)CCCCCCCCCCCCCCCCC(C)CC)OC(=O)CCCCCCCCCCCCCCCCCCCCC(C)CC)OC(=O)CCCCCCCCCCCCCC(C)C. The van der Waals surface area contributed by atoms with Gasteiger partial charge < -0.3 is 33.8 Å². The molecular weight excluding hydrogens is 1370 g/mol. The molecule has 17 nitrogen and oxygen atoms in total. The molecule has 7 atom stereocenters. The van der Waals surface area contributed by atoms with E-state index in [9.17, 15) is 43.2 Å². The van der Waals surface area contributed by atoms with Crippen LogP contribution < -0.4 is 0 Å². The minimum atomic E-state index is -4.97.